The molecular formula is C10H8F9NO2. The summed E-state index contributed by atoms with van der Waals surface area (Å²) in [7, 11) is 0. The normalized spacial score (nSPS) is 30.1. The molecule has 1 aliphatic heterocycles. The lowest BCUT2D eigenvalue weighted by atomic mass is 9.85. The van der Waals surface area contributed by atoms with E-state index in [2.05, 4.69) is 9.99 Å². The molecule has 0 aromatic carbocycles. The lowest BCUT2D eigenvalue weighted by Crippen LogP contribution is -2.70. The van der Waals surface area contributed by atoms with Gasteiger partial charge in [-0.1, -0.05) is 5.16 Å². The summed E-state index contributed by atoms with van der Waals surface area (Å²) in [4.78, 5) is 3.78. The average Bonchev–Trinajstić information content (AvgIpc) is 2.92. The Kier molecular flexibility index (Phi) is 3.45. The maximum Gasteiger partial charge on any atom is 0.460 e. The first-order valence-electron chi connectivity index (χ1n) is 5.87. The summed E-state index contributed by atoms with van der Waals surface area (Å²) in [5.41, 5.74) is -0.284. The van der Waals surface area contributed by atoms with Crippen molar-refractivity contribution in [2.45, 2.75) is 49.0 Å². The molecule has 0 aromatic rings. The number of hydrogen-bond acceptors (Lipinski definition) is 3. The maximum absolute atomic E-state index is 13.8. The van der Waals surface area contributed by atoms with Gasteiger partial charge in [0.1, 0.15) is 0 Å². The fourth-order valence-electron chi connectivity index (χ4n) is 2.43. The van der Waals surface area contributed by atoms with E-state index < -0.39 is 35.6 Å². The summed E-state index contributed by atoms with van der Waals surface area (Å²) in [6.45, 7) is 0. The van der Waals surface area contributed by atoms with Crippen LogP contribution in [0.1, 0.15) is 19.3 Å². The average molecular weight is 345 g/mol. The van der Waals surface area contributed by atoms with Gasteiger partial charge in [0.25, 0.3) is 0 Å². The Morgan fingerprint density at radius 1 is 1.00 bits per heavy atom. The number of fused-ring (bicyclic) bond motifs is 1. The van der Waals surface area contributed by atoms with Crippen molar-refractivity contribution >= 4 is 5.71 Å². The third-order valence-electron chi connectivity index (χ3n) is 3.70. The Labute approximate surface area is 116 Å². The second kappa shape index (κ2) is 4.42. The van der Waals surface area contributed by atoms with Crippen LogP contribution in [0, 0.1) is 5.92 Å². The van der Waals surface area contributed by atoms with E-state index in [0.717, 1.165) is 0 Å². The highest BCUT2D eigenvalue weighted by Gasteiger charge is 2.88. The van der Waals surface area contributed by atoms with Crippen molar-refractivity contribution in [3.05, 3.63) is 0 Å². The second-order valence-corrected chi connectivity index (χ2v) is 5.04. The lowest BCUT2D eigenvalue weighted by molar-refractivity contribution is -0.447. The van der Waals surface area contributed by atoms with Gasteiger partial charge in [0.2, 0.25) is 0 Å². The number of hydrogen-bond donors (Lipinski definition) is 1. The lowest BCUT2D eigenvalue weighted by Gasteiger charge is -2.40. The van der Waals surface area contributed by atoms with Gasteiger partial charge in [0, 0.05) is 0 Å². The predicted octanol–water partition coefficient (Wildman–Crippen LogP) is 3.33. The zero-order valence-corrected chi connectivity index (χ0v) is 10.4. The van der Waals surface area contributed by atoms with E-state index >= 15 is 0 Å². The molecule has 0 radical (unpaired) electrons. The van der Waals surface area contributed by atoms with Crippen molar-refractivity contribution in [2.24, 2.45) is 11.1 Å². The van der Waals surface area contributed by atoms with Gasteiger partial charge in [-0.05, 0) is 19.3 Å². The largest absolute Gasteiger partial charge is 0.460 e. The third-order valence-corrected chi connectivity index (χ3v) is 3.70. The van der Waals surface area contributed by atoms with E-state index in [1.54, 1.807) is 0 Å². The molecule has 0 spiro atoms. The Hall–Kier alpha value is -1.20. The van der Waals surface area contributed by atoms with Gasteiger partial charge in [-0.2, -0.15) is 39.5 Å². The quantitative estimate of drug-likeness (QED) is 0.798. The van der Waals surface area contributed by atoms with Gasteiger partial charge in [0.05, 0.1) is 11.6 Å². The maximum atomic E-state index is 13.8. The number of alkyl halides is 9. The standard InChI is InChI=1S/C10H8F9NO2/c11-7(12,8(13,14)9(15,16)10(17,18)19)6(21)4-2-1-3-5(4)20-22-6/h4,21H,1-3H2. The van der Waals surface area contributed by atoms with Crippen LogP contribution in [-0.4, -0.2) is 40.5 Å². The van der Waals surface area contributed by atoms with E-state index in [4.69, 9.17) is 0 Å². The van der Waals surface area contributed by atoms with Gasteiger partial charge in [-0.3, -0.25) is 0 Å². The Morgan fingerprint density at radius 2 is 1.55 bits per heavy atom. The van der Waals surface area contributed by atoms with E-state index in [0.29, 0.717) is 0 Å². The fourth-order valence-corrected chi connectivity index (χ4v) is 2.43. The van der Waals surface area contributed by atoms with Crippen molar-refractivity contribution in [3.63, 3.8) is 0 Å². The highest BCUT2D eigenvalue weighted by molar-refractivity contribution is 5.90. The minimum absolute atomic E-state index is 0.0235. The van der Waals surface area contributed by atoms with E-state index in [9.17, 15) is 44.6 Å². The van der Waals surface area contributed by atoms with Crippen molar-refractivity contribution in [3.8, 4) is 0 Å². The molecule has 2 aliphatic rings. The molecule has 1 saturated carbocycles. The number of halogens is 9. The Bertz CT molecular complexity index is 501. The first-order valence-corrected chi connectivity index (χ1v) is 5.87. The van der Waals surface area contributed by atoms with Crippen molar-refractivity contribution < 1.29 is 49.5 Å². The Balaban J connectivity index is 2.45. The topological polar surface area (TPSA) is 41.8 Å². The molecule has 1 heterocycles. The molecule has 0 bridgehead atoms. The molecule has 0 aromatic heterocycles. The molecule has 128 valence electrons. The van der Waals surface area contributed by atoms with E-state index in [1.807, 2.05) is 0 Å². The summed E-state index contributed by atoms with van der Waals surface area (Å²) in [6, 6.07) is 0. The van der Waals surface area contributed by atoms with Crippen LogP contribution in [0.5, 0.6) is 0 Å². The van der Waals surface area contributed by atoms with Crippen LogP contribution in [-0.2, 0) is 4.84 Å². The molecule has 3 nitrogen and oxygen atoms in total. The van der Waals surface area contributed by atoms with Crippen LogP contribution in [0.25, 0.3) is 0 Å². The molecule has 22 heavy (non-hydrogen) atoms. The smallest absolute Gasteiger partial charge is 0.353 e. The van der Waals surface area contributed by atoms with Crippen molar-refractivity contribution in [2.75, 3.05) is 0 Å². The minimum atomic E-state index is -7.08. The van der Waals surface area contributed by atoms with Crippen LogP contribution in [0.15, 0.2) is 5.16 Å². The fraction of sp³-hybridized carbons (Fsp3) is 0.900. The van der Waals surface area contributed by atoms with Crippen molar-refractivity contribution in [1.29, 1.82) is 0 Å². The van der Waals surface area contributed by atoms with E-state index in [-0.39, 0.29) is 25.0 Å². The number of nitrogens with zero attached hydrogens (tertiary/aromatic N) is 1. The number of rotatable bonds is 3. The zero-order chi connectivity index (χ0) is 17.2. The molecular weight excluding hydrogens is 337 g/mol. The second-order valence-electron chi connectivity index (χ2n) is 5.04. The SMILES string of the molecule is OC1(C(F)(F)C(F)(F)C(F)(F)C(F)(F)F)ON=C2CCCC21. The Morgan fingerprint density at radius 3 is 2.05 bits per heavy atom. The van der Waals surface area contributed by atoms with Crippen LogP contribution in [0.3, 0.4) is 0 Å². The highest BCUT2D eigenvalue weighted by atomic mass is 19.4. The van der Waals surface area contributed by atoms with E-state index in [1.165, 1.54) is 0 Å². The highest BCUT2D eigenvalue weighted by Crippen LogP contribution is 2.59. The monoisotopic (exact) mass is 345 g/mol. The molecule has 1 fully saturated rings. The predicted molar refractivity (Wildman–Crippen MR) is 51.7 cm³/mol. The van der Waals surface area contributed by atoms with Crippen LogP contribution in [0.2, 0.25) is 0 Å². The molecule has 0 amide bonds. The molecule has 0 saturated heterocycles. The summed E-state index contributed by atoms with van der Waals surface area (Å²) < 4.78 is 116. The summed E-state index contributed by atoms with van der Waals surface area (Å²) in [6.07, 6.45) is -7.22. The summed E-state index contributed by atoms with van der Waals surface area (Å²) in [5, 5.41) is 12.5. The number of oxime groups is 1. The first-order chi connectivity index (χ1) is 9.70. The number of aliphatic hydroxyl groups is 1. The van der Waals surface area contributed by atoms with Gasteiger partial charge in [-0.15, -0.1) is 0 Å². The molecule has 1 N–H and O–H groups in total. The molecule has 2 unspecified atom stereocenters. The first kappa shape index (κ1) is 17.2. The van der Waals surface area contributed by atoms with Crippen LogP contribution >= 0.6 is 0 Å². The third kappa shape index (κ3) is 1.85. The van der Waals surface area contributed by atoms with Crippen LogP contribution < -0.4 is 0 Å². The van der Waals surface area contributed by atoms with Crippen LogP contribution in [0.4, 0.5) is 39.5 Å². The molecule has 2 atom stereocenters. The van der Waals surface area contributed by atoms with Gasteiger partial charge in [0.15, 0.2) is 0 Å². The molecule has 2 rings (SSSR count). The van der Waals surface area contributed by atoms with Crippen molar-refractivity contribution in [1.82, 2.24) is 0 Å². The summed E-state index contributed by atoms with van der Waals surface area (Å²) >= 11 is 0. The minimum Gasteiger partial charge on any atom is -0.353 e. The van der Waals surface area contributed by atoms with Gasteiger partial charge < -0.3 is 9.94 Å². The summed E-state index contributed by atoms with van der Waals surface area (Å²) in [5.74, 6) is -26.4. The molecule has 1 aliphatic carbocycles. The molecule has 12 heteroatoms. The van der Waals surface area contributed by atoms with Gasteiger partial charge >= 0.3 is 29.7 Å². The van der Waals surface area contributed by atoms with Gasteiger partial charge in [-0.25, -0.2) is 0 Å². The zero-order valence-electron chi connectivity index (χ0n) is 10.4.